The van der Waals surface area contributed by atoms with Crippen molar-refractivity contribution in [2.24, 2.45) is 40.7 Å². The number of unbranched alkanes of at least 4 members (excludes halogenated alkanes) is 4. The highest BCUT2D eigenvalue weighted by molar-refractivity contribution is 5.98. The largest absolute Gasteiger partial charge is 0.368 e. The third-order valence-corrected chi connectivity index (χ3v) is 13.5. The minimum atomic E-state index is -1.10. The van der Waals surface area contributed by atoms with Crippen LogP contribution in [-0.2, 0) is 52.9 Å². The molecular weight excluding hydrogens is 865 g/mol. The Morgan fingerprint density at radius 1 is 0.574 bits per heavy atom. The standard InChI is InChI=1S/C51H76N10O7/c52-27-9-5-17-41(57-45(62)25-26-46(63)61-33-38-15-2-1-13-35(38)23-24-36-14-3-4-20-44(36)61)49(66)59-43(19-7-11-29-54)51(68)60-42(18-6-10-28-53)50(67)58-40(47(55)64)16-8-12-30-56-48(65)39-32-34-21-22-37(39)31-34/h1-4,13-15,20-22,34,37,39-43H,5-12,16-19,23-33,52-54H2,(H2,55,64)(H,56,65)(H,57,62)(H,58,67)(H,59,66)(H,60,68). The Morgan fingerprint density at radius 2 is 1.09 bits per heavy atom. The van der Waals surface area contributed by atoms with E-state index in [0.717, 1.165) is 42.5 Å². The zero-order chi connectivity index (χ0) is 48.8. The third-order valence-electron chi connectivity index (χ3n) is 13.5. The fourth-order valence-corrected chi connectivity index (χ4v) is 9.60. The average molecular weight is 941 g/mol. The van der Waals surface area contributed by atoms with Crippen LogP contribution in [0, 0.1) is 17.8 Å². The minimum Gasteiger partial charge on any atom is -0.368 e. The van der Waals surface area contributed by atoms with Gasteiger partial charge in [-0.3, -0.25) is 33.6 Å². The first kappa shape index (κ1) is 53.3. The molecule has 1 saturated carbocycles. The summed E-state index contributed by atoms with van der Waals surface area (Å²) in [6.45, 7) is 1.91. The maximum absolute atomic E-state index is 14.1. The molecule has 5 rings (SSSR count). The van der Waals surface area contributed by atoms with Crippen molar-refractivity contribution in [3.8, 4) is 0 Å². The van der Waals surface area contributed by atoms with Crippen molar-refractivity contribution in [3.63, 3.8) is 0 Å². The van der Waals surface area contributed by atoms with Gasteiger partial charge in [-0.15, -0.1) is 0 Å². The number of amides is 7. The van der Waals surface area contributed by atoms with Gasteiger partial charge >= 0.3 is 0 Å². The molecule has 7 amide bonds. The van der Waals surface area contributed by atoms with Crippen molar-refractivity contribution in [2.45, 2.75) is 146 Å². The topological polar surface area (TPSA) is 287 Å². The van der Waals surface area contributed by atoms with Crippen molar-refractivity contribution >= 4 is 47.0 Å². The van der Waals surface area contributed by atoms with E-state index < -0.39 is 53.7 Å². The Labute approximate surface area is 401 Å². The number of anilines is 1. The number of benzene rings is 2. The highest BCUT2D eigenvalue weighted by Crippen LogP contribution is 2.43. The number of allylic oxidation sites excluding steroid dienone is 2. The van der Waals surface area contributed by atoms with Crippen LogP contribution in [0.5, 0.6) is 0 Å². The zero-order valence-electron chi connectivity index (χ0n) is 39.7. The number of nitrogens with zero attached hydrogens (tertiary/aromatic N) is 1. The molecule has 0 saturated heterocycles. The lowest BCUT2D eigenvalue weighted by molar-refractivity contribution is -0.134. The van der Waals surface area contributed by atoms with Crippen LogP contribution < -0.4 is 54.4 Å². The van der Waals surface area contributed by atoms with Crippen LogP contribution in [0.3, 0.4) is 0 Å². The Balaban J connectivity index is 1.19. The minimum absolute atomic E-state index is 0.00137. The van der Waals surface area contributed by atoms with E-state index in [1.54, 1.807) is 4.90 Å². The maximum atomic E-state index is 14.1. The number of aryl methyl sites for hydroxylation is 2. The fraction of sp³-hybridized carbons (Fsp3) is 0.588. The number of para-hydroxylation sites is 1. The van der Waals surface area contributed by atoms with Crippen molar-refractivity contribution in [1.82, 2.24) is 26.6 Å². The number of hydrogen-bond acceptors (Lipinski definition) is 10. The molecule has 17 nitrogen and oxygen atoms in total. The SMILES string of the molecule is NCCCCC(NC(=O)CCC(=O)N1Cc2ccccc2CCc2ccccc21)C(=O)NC(CCCCN)C(=O)NC(CCCCN)C(=O)NC(CCCCNC(=O)C1CC2C=CC1C2)C(N)=O. The smallest absolute Gasteiger partial charge is 0.243 e. The Hall–Kier alpha value is -5.65. The van der Waals surface area contributed by atoms with Gasteiger partial charge in [0, 0.05) is 31.0 Å². The number of carbonyl (C=O) groups excluding carboxylic acids is 7. The van der Waals surface area contributed by atoms with Crippen LogP contribution in [0.2, 0.25) is 0 Å². The molecular formula is C51H76N10O7. The summed E-state index contributed by atoms with van der Waals surface area (Å²) in [5.74, 6) is -2.42. The first-order chi connectivity index (χ1) is 32.9. The predicted molar refractivity (Wildman–Crippen MR) is 262 cm³/mol. The molecule has 372 valence electrons. The number of nitrogens with one attached hydrogen (secondary N) is 5. The molecule has 7 atom stereocenters. The lowest BCUT2D eigenvalue weighted by atomic mass is 9.93. The second kappa shape index (κ2) is 28.0. The van der Waals surface area contributed by atoms with Crippen LogP contribution in [0.15, 0.2) is 60.7 Å². The molecule has 2 bridgehead atoms. The van der Waals surface area contributed by atoms with Gasteiger partial charge in [0.15, 0.2) is 0 Å². The molecule has 0 radical (unpaired) electrons. The summed E-state index contributed by atoms with van der Waals surface area (Å²) in [5, 5.41) is 14.2. The molecule has 2 aromatic rings. The second-order valence-electron chi connectivity index (χ2n) is 18.6. The molecule has 1 aliphatic heterocycles. The van der Waals surface area contributed by atoms with Crippen molar-refractivity contribution < 1.29 is 33.6 Å². The third kappa shape index (κ3) is 16.3. The number of carbonyl (C=O) groups is 7. The van der Waals surface area contributed by atoms with Gasteiger partial charge in [0.25, 0.3) is 0 Å². The molecule has 17 heteroatoms. The molecule has 2 aromatic carbocycles. The lowest BCUT2D eigenvalue weighted by Crippen LogP contribution is -2.58. The predicted octanol–water partition coefficient (Wildman–Crippen LogP) is 2.41. The van der Waals surface area contributed by atoms with E-state index in [2.05, 4.69) is 44.8 Å². The normalized spacial score (nSPS) is 18.7. The van der Waals surface area contributed by atoms with Crippen molar-refractivity contribution in [1.29, 1.82) is 0 Å². The number of hydrogen-bond donors (Lipinski definition) is 9. The fourth-order valence-electron chi connectivity index (χ4n) is 9.60. The first-order valence-corrected chi connectivity index (χ1v) is 24.9. The summed E-state index contributed by atoms with van der Waals surface area (Å²) in [6.07, 6.45) is 12.8. The molecule has 7 unspecified atom stereocenters. The van der Waals surface area contributed by atoms with E-state index >= 15 is 0 Å². The summed E-state index contributed by atoms with van der Waals surface area (Å²) >= 11 is 0. The van der Waals surface area contributed by atoms with Crippen molar-refractivity contribution in [3.05, 3.63) is 77.4 Å². The van der Waals surface area contributed by atoms with Gasteiger partial charge in [0.2, 0.25) is 41.4 Å². The van der Waals surface area contributed by atoms with Gasteiger partial charge in [-0.05, 0) is 157 Å². The summed E-state index contributed by atoms with van der Waals surface area (Å²) in [6, 6.07) is 11.6. The van der Waals surface area contributed by atoms with Gasteiger partial charge in [0.1, 0.15) is 24.2 Å². The molecule has 13 N–H and O–H groups in total. The zero-order valence-corrected chi connectivity index (χ0v) is 39.7. The van der Waals surface area contributed by atoms with Crippen LogP contribution in [-0.4, -0.2) is 91.7 Å². The Kier molecular flexibility index (Phi) is 21.9. The Morgan fingerprint density at radius 3 is 1.65 bits per heavy atom. The summed E-state index contributed by atoms with van der Waals surface area (Å²) < 4.78 is 0. The first-order valence-electron chi connectivity index (χ1n) is 24.9. The van der Waals surface area contributed by atoms with Crippen LogP contribution in [0.1, 0.15) is 119 Å². The molecule has 1 heterocycles. The molecule has 3 aliphatic rings. The second-order valence-corrected chi connectivity index (χ2v) is 18.6. The summed E-state index contributed by atoms with van der Waals surface area (Å²) in [7, 11) is 0. The van der Waals surface area contributed by atoms with E-state index in [4.69, 9.17) is 22.9 Å². The maximum Gasteiger partial charge on any atom is 0.243 e. The van der Waals surface area contributed by atoms with Crippen LogP contribution >= 0.6 is 0 Å². The lowest BCUT2D eigenvalue weighted by Gasteiger charge is -2.29. The molecule has 68 heavy (non-hydrogen) atoms. The quantitative estimate of drug-likeness (QED) is 0.0424. The molecule has 1 fully saturated rings. The van der Waals surface area contributed by atoms with E-state index in [1.165, 1.54) is 5.56 Å². The van der Waals surface area contributed by atoms with Gasteiger partial charge < -0.3 is 54.4 Å². The van der Waals surface area contributed by atoms with Crippen LogP contribution in [0.4, 0.5) is 5.69 Å². The molecule has 0 aromatic heterocycles. The van der Waals surface area contributed by atoms with E-state index in [-0.39, 0.29) is 56.3 Å². The van der Waals surface area contributed by atoms with Gasteiger partial charge in [-0.1, -0.05) is 54.6 Å². The average Bonchev–Trinajstić information content (AvgIpc) is 3.97. The van der Waals surface area contributed by atoms with E-state index in [9.17, 15) is 33.6 Å². The number of nitrogens with two attached hydrogens (primary N) is 4. The number of rotatable bonds is 29. The van der Waals surface area contributed by atoms with Crippen LogP contribution in [0.25, 0.3) is 0 Å². The van der Waals surface area contributed by atoms with Gasteiger partial charge in [-0.2, -0.15) is 0 Å². The molecule has 0 spiro atoms. The molecule has 2 aliphatic carbocycles. The summed E-state index contributed by atoms with van der Waals surface area (Å²) in [4.78, 5) is 96.4. The highest BCUT2D eigenvalue weighted by atomic mass is 16.2. The Bertz CT molecular complexity index is 2050. The van der Waals surface area contributed by atoms with Gasteiger partial charge in [0.05, 0.1) is 6.54 Å². The monoisotopic (exact) mass is 941 g/mol. The highest BCUT2D eigenvalue weighted by Gasteiger charge is 2.39. The summed E-state index contributed by atoms with van der Waals surface area (Å²) in [5.41, 5.74) is 27.1. The van der Waals surface area contributed by atoms with E-state index in [1.807, 2.05) is 42.5 Å². The van der Waals surface area contributed by atoms with Crippen molar-refractivity contribution in [2.75, 3.05) is 31.1 Å². The van der Waals surface area contributed by atoms with E-state index in [0.29, 0.717) is 95.9 Å². The number of primary amides is 1. The number of fused-ring (bicyclic) bond motifs is 4. The van der Waals surface area contributed by atoms with Gasteiger partial charge in [-0.25, -0.2) is 0 Å².